The molecule has 0 atom stereocenters. The molecule has 6 nitrogen and oxygen atoms in total. The summed E-state index contributed by atoms with van der Waals surface area (Å²) in [6, 6.07) is 7.62. The molecule has 4 rings (SSSR count). The van der Waals surface area contributed by atoms with Crippen LogP contribution >= 0.6 is 0 Å². The van der Waals surface area contributed by atoms with Crippen molar-refractivity contribution < 1.29 is 19.0 Å². The fraction of sp³-hybridized carbons (Fsp3) is 0.474. The third kappa shape index (κ3) is 2.96. The molecule has 0 aliphatic carbocycles. The Morgan fingerprint density at radius 3 is 2.60 bits per heavy atom. The van der Waals surface area contributed by atoms with Crippen LogP contribution in [0, 0.1) is 6.92 Å². The van der Waals surface area contributed by atoms with Gasteiger partial charge >= 0.3 is 0 Å². The molecule has 0 bridgehead atoms. The van der Waals surface area contributed by atoms with Crippen molar-refractivity contribution in [2.24, 2.45) is 0 Å². The number of aryl methyl sites for hydroxylation is 1. The molecule has 2 aliphatic heterocycles. The number of methoxy groups -OCH3 is 1. The monoisotopic (exact) mass is 342 g/mol. The number of piperidine rings is 1. The largest absolute Gasteiger partial charge is 0.497 e. The third-order valence-corrected chi connectivity index (χ3v) is 5.07. The molecule has 2 fully saturated rings. The lowest BCUT2D eigenvalue weighted by molar-refractivity contribution is -0.181. The van der Waals surface area contributed by atoms with E-state index >= 15 is 0 Å². The van der Waals surface area contributed by atoms with Crippen LogP contribution < -0.4 is 4.74 Å². The molecule has 1 spiro atoms. The minimum absolute atomic E-state index is 0.0237. The number of pyridine rings is 1. The normalized spacial score (nSPS) is 19.5. The molecule has 0 saturated carbocycles. The van der Waals surface area contributed by atoms with Crippen molar-refractivity contribution in [2.75, 3.05) is 33.4 Å². The maximum absolute atomic E-state index is 13.0. The van der Waals surface area contributed by atoms with Crippen LogP contribution in [0.15, 0.2) is 24.3 Å². The maximum Gasteiger partial charge on any atom is 0.255 e. The number of nitrogens with zero attached hydrogens (tertiary/aromatic N) is 2. The van der Waals surface area contributed by atoms with Crippen molar-refractivity contribution in [1.82, 2.24) is 9.88 Å². The lowest BCUT2D eigenvalue weighted by Gasteiger charge is -2.37. The Morgan fingerprint density at radius 2 is 1.92 bits per heavy atom. The van der Waals surface area contributed by atoms with Gasteiger partial charge in [0.1, 0.15) is 5.75 Å². The summed E-state index contributed by atoms with van der Waals surface area (Å²) in [6.07, 6.45) is 1.44. The predicted molar refractivity (Wildman–Crippen MR) is 92.8 cm³/mol. The lowest BCUT2D eigenvalue weighted by Crippen LogP contribution is -2.47. The SMILES string of the molecule is COc1ccc2cc(C(=O)N3CCC4(CC3)OCCO4)c(C)nc2c1. The van der Waals surface area contributed by atoms with Crippen LogP contribution in [0.3, 0.4) is 0 Å². The molecule has 0 radical (unpaired) electrons. The summed E-state index contributed by atoms with van der Waals surface area (Å²) >= 11 is 0. The predicted octanol–water partition coefficient (Wildman–Crippen LogP) is 2.53. The third-order valence-electron chi connectivity index (χ3n) is 5.07. The van der Waals surface area contributed by atoms with Crippen molar-refractivity contribution in [2.45, 2.75) is 25.6 Å². The van der Waals surface area contributed by atoms with Crippen molar-refractivity contribution in [3.05, 3.63) is 35.5 Å². The Balaban J connectivity index is 1.56. The summed E-state index contributed by atoms with van der Waals surface area (Å²) in [5.74, 6) is 0.316. The fourth-order valence-corrected chi connectivity index (χ4v) is 3.59. The van der Waals surface area contributed by atoms with Gasteiger partial charge in [-0.15, -0.1) is 0 Å². The number of carbonyl (C=O) groups is 1. The molecule has 1 amide bonds. The van der Waals surface area contributed by atoms with Gasteiger partial charge in [0, 0.05) is 37.4 Å². The van der Waals surface area contributed by atoms with Gasteiger partial charge in [0.2, 0.25) is 0 Å². The zero-order valence-electron chi connectivity index (χ0n) is 14.6. The molecule has 1 aromatic carbocycles. The summed E-state index contributed by atoms with van der Waals surface area (Å²) in [5, 5.41) is 0.936. The van der Waals surface area contributed by atoms with Crippen LogP contribution in [-0.2, 0) is 9.47 Å². The number of amides is 1. The topological polar surface area (TPSA) is 60.9 Å². The minimum atomic E-state index is -0.468. The molecular weight excluding hydrogens is 320 g/mol. The highest BCUT2D eigenvalue weighted by molar-refractivity contribution is 5.98. The quantitative estimate of drug-likeness (QED) is 0.839. The van der Waals surface area contributed by atoms with Gasteiger partial charge in [-0.05, 0) is 25.1 Å². The van der Waals surface area contributed by atoms with Gasteiger partial charge in [0.05, 0.1) is 37.1 Å². The first-order chi connectivity index (χ1) is 12.1. The second kappa shape index (κ2) is 6.28. The van der Waals surface area contributed by atoms with Crippen LogP contribution in [0.25, 0.3) is 10.9 Å². The van der Waals surface area contributed by atoms with Crippen molar-refractivity contribution in [3.63, 3.8) is 0 Å². The van der Waals surface area contributed by atoms with Gasteiger partial charge in [-0.1, -0.05) is 0 Å². The summed E-state index contributed by atoms with van der Waals surface area (Å²) in [5.41, 5.74) is 2.22. The van der Waals surface area contributed by atoms with Crippen molar-refractivity contribution in [1.29, 1.82) is 0 Å². The van der Waals surface area contributed by atoms with Crippen LogP contribution in [0.2, 0.25) is 0 Å². The number of fused-ring (bicyclic) bond motifs is 1. The highest BCUT2D eigenvalue weighted by atomic mass is 16.7. The van der Waals surface area contributed by atoms with E-state index < -0.39 is 5.79 Å². The first-order valence-electron chi connectivity index (χ1n) is 8.63. The highest BCUT2D eigenvalue weighted by Crippen LogP contribution is 2.32. The van der Waals surface area contributed by atoms with Gasteiger partial charge in [0.25, 0.3) is 5.91 Å². The molecule has 6 heteroatoms. The zero-order chi connectivity index (χ0) is 17.4. The highest BCUT2D eigenvalue weighted by Gasteiger charge is 2.41. The number of ether oxygens (including phenoxy) is 3. The summed E-state index contributed by atoms with van der Waals surface area (Å²) in [7, 11) is 1.63. The van der Waals surface area contributed by atoms with Crippen molar-refractivity contribution >= 4 is 16.8 Å². The number of likely N-dealkylation sites (tertiary alicyclic amines) is 1. The summed E-state index contributed by atoms with van der Waals surface area (Å²) < 4.78 is 16.7. The first-order valence-corrected chi connectivity index (χ1v) is 8.63. The summed E-state index contributed by atoms with van der Waals surface area (Å²) in [6.45, 7) is 4.44. The van der Waals surface area contributed by atoms with Crippen molar-refractivity contribution in [3.8, 4) is 5.75 Å². The van der Waals surface area contributed by atoms with E-state index in [1.807, 2.05) is 36.1 Å². The number of hydrogen-bond donors (Lipinski definition) is 0. The maximum atomic E-state index is 13.0. The average molecular weight is 342 g/mol. The molecule has 132 valence electrons. The fourth-order valence-electron chi connectivity index (χ4n) is 3.59. The van der Waals surface area contributed by atoms with Crippen LogP contribution in [0.5, 0.6) is 5.75 Å². The van der Waals surface area contributed by atoms with E-state index in [1.165, 1.54) is 0 Å². The lowest BCUT2D eigenvalue weighted by atomic mass is 10.0. The van der Waals surface area contributed by atoms with Crippen LogP contribution in [0.4, 0.5) is 0 Å². The second-order valence-corrected chi connectivity index (χ2v) is 6.58. The van der Waals surface area contributed by atoms with Gasteiger partial charge in [-0.3, -0.25) is 9.78 Å². The zero-order valence-corrected chi connectivity index (χ0v) is 14.6. The molecular formula is C19H22N2O4. The first kappa shape index (κ1) is 16.3. The Hall–Kier alpha value is -2.18. The molecule has 25 heavy (non-hydrogen) atoms. The number of hydrogen-bond acceptors (Lipinski definition) is 5. The van der Waals surface area contributed by atoms with E-state index in [-0.39, 0.29) is 5.91 Å². The van der Waals surface area contributed by atoms with Gasteiger partial charge in [0.15, 0.2) is 5.79 Å². The van der Waals surface area contributed by atoms with Gasteiger partial charge in [-0.2, -0.15) is 0 Å². The van der Waals surface area contributed by atoms with Gasteiger partial charge < -0.3 is 19.1 Å². The summed E-state index contributed by atoms with van der Waals surface area (Å²) in [4.78, 5) is 19.4. The Bertz CT molecular complexity index is 804. The smallest absolute Gasteiger partial charge is 0.255 e. The Labute approximate surface area is 146 Å². The van der Waals surface area contributed by atoms with E-state index in [0.717, 1.165) is 35.2 Å². The van der Waals surface area contributed by atoms with E-state index in [2.05, 4.69) is 4.98 Å². The molecule has 2 saturated heterocycles. The van der Waals surface area contributed by atoms with Crippen LogP contribution in [0.1, 0.15) is 28.9 Å². The standard InChI is InChI=1S/C19H22N2O4/c1-13-16(11-14-3-4-15(23-2)12-17(14)20-13)18(22)21-7-5-19(6-8-21)24-9-10-25-19/h3-4,11-12H,5-10H2,1-2H3. The van der Waals surface area contributed by atoms with E-state index in [0.29, 0.717) is 31.9 Å². The minimum Gasteiger partial charge on any atom is -0.497 e. The Morgan fingerprint density at radius 1 is 1.20 bits per heavy atom. The van der Waals surface area contributed by atoms with Crippen LogP contribution in [-0.4, -0.2) is 55.0 Å². The van der Waals surface area contributed by atoms with E-state index in [4.69, 9.17) is 14.2 Å². The Kier molecular flexibility index (Phi) is 4.09. The number of carbonyl (C=O) groups excluding carboxylic acids is 1. The number of rotatable bonds is 2. The molecule has 2 aromatic rings. The molecule has 3 heterocycles. The number of benzene rings is 1. The van der Waals surface area contributed by atoms with E-state index in [9.17, 15) is 4.79 Å². The second-order valence-electron chi connectivity index (χ2n) is 6.58. The molecule has 0 unspecified atom stereocenters. The van der Waals surface area contributed by atoms with E-state index in [1.54, 1.807) is 7.11 Å². The molecule has 1 aromatic heterocycles. The molecule has 0 N–H and O–H groups in total. The number of aromatic nitrogens is 1. The molecule has 2 aliphatic rings. The van der Waals surface area contributed by atoms with Gasteiger partial charge in [-0.25, -0.2) is 0 Å². The average Bonchev–Trinajstić information content (AvgIpc) is 3.08.